The van der Waals surface area contributed by atoms with Gasteiger partial charge in [0.25, 0.3) is 0 Å². The summed E-state index contributed by atoms with van der Waals surface area (Å²) in [5.41, 5.74) is 4.25. The number of aliphatic carboxylic acids is 1. The van der Waals surface area contributed by atoms with Crippen molar-refractivity contribution in [3.8, 4) is 0 Å². The molecule has 0 aliphatic carbocycles. The number of carboxylic acid groups (broad SMARTS) is 1. The van der Waals surface area contributed by atoms with Crippen LogP contribution in [0.3, 0.4) is 0 Å². The van der Waals surface area contributed by atoms with Crippen molar-refractivity contribution < 1.29 is 9.90 Å². The lowest BCUT2D eigenvalue weighted by molar-refractivity contribution is -0.138. The summed E-state index contributed by atoms with van der Waals surface area (Å²) < 4.78 is 2.11. The quantitative estimate of drug-likeness (QED) is 0.807. The number of pyridine rings is 1. The summed E-state index contributed by atoms with van der Waals surface area (Å²) in [6, 6.07) is 12.4. The van der Waals surface area contributed by atoms with Crippen LogP contribution in [0.1, 0.15) is 19.3 Å². The van der Waals surface area contributed by atoms with E-state index in [-0.39, 0.29) is 0 Å². The zero-order chi connectivity index (χ0) is 15.8. The van der Waals surface area contributed by atoms with E-state index in [1.165, 1.54) is 5.69 Å². The Balaban J connectivity index is 1.58. The molecule has 0 amide bonds. The zero-order valence-corrected chi connectivity index (χ0v) is 12.9. The SMILES string of the molecule is O=C(O)CC1CCN(c2ccn3c(c2)nc2ccccc23)CC1. The van der Waals surface area contributed by atoms with Crippen LogP contribution < -0.4 is 4.90 Å². The van der Waals surface area contributed by atoms with Crippen LogP contribution in [-0.4, -0.2) is 33.6 Å². The first-order chi connectivity index (χ1) is 11.2. The Labute approximate surface area is 134 Å². The second-order valence-corrected chi connectivity index (χ2v) is 6.24. The Hall–Kier alpha value is -2.56. The van der Waals surface area contributed by atoms with Gasteiger partial charge in [0.1, 0.15) is 5.65 Å². The molecule has 5 nitrogen and oxygen atoms in total. The number of para-hydroxylation sites is 2. The molecule has 0 bridgehead atoms. The van der Waals surface area contributed by atoms with Crippen molar-refractivity contribution in [2.24, 2.45) is 5.92 Å². The van der Waals surface area contributed by atoms with Gasteiger partial charge >= 0.3 is 5.97 Å². The van der Waals surface area contributed by atoms with E-state index in [0.717, 1.165) is 42.6 Å². The topological polar surface area (TPSA) is 57.8 Å². The number of hydrogen-bond donors (Lipinski definition) is 1. The van der Waals surface area contributed by atoms with Crippen molar-refractivity contribution in [3.05, 3.63) is 42.6 Å². The van der Waals surface area contributed by atoms with Crippen LogP contribution in [0.15, 0.2) is 42.6 Å². The number of carboxylic acids is 1. The van der Waals surface area contributed by atoms with Gasteiger partial charge in [-0.15, -0.1) is 0 Å². The highest BCUT2D eigenvalue weighted by atomic mass is 16.4. The summed E-state index contributed by atoms with van der Waals surface area (Å²) in [6.07, 6.45) is 4.24. The Kier molecular flexibility index (Phi) is 3.41. The minimum absolute atomic E-state index is 0.290. The van der Waals surface area contributed by atoms with Crippen molar-refractivity contribution in [2.45, 2.75) is 19.3 Å². The first-order valence-electron chi connectivity index (χ1n) is 8.04. The number of carbonyl (C=O) groups is 1. The molecule has 1 aliphatic rings. The van der Waals surface area contributed by atoms with Crippen molar-refractivity contribution in [1.29, 1.82) is 0 Å². The first-order valence-corrected chi connectivity index (χ1v) is 8.04. The molecule has 1 aliphatic heterocycles. The summed E-state index contributed by atoms with van der Waals surface area (Å²) >= 11 is 0. The molecule has 1 fully saturated rings. The number of benzene rings is 1. The molecule has 23 heavy (non-hydrogen) atoms. The average molecular weight is 309 g/mol. The maximum absolute atomic E-state index is 10.8. The monoisotopic (exact) mass is 309 g/mol. The van der Waals surface area contributed by atoms with Crippen molar-refractivity contribution in [3.63, 3.8) is 0 Å². The van der Waals surface area contributed by atoms with Gasteiger partial charge in [-0.1, -0.05) is 12.1 Å². The van der Waals surface area contributed by atoms with E-state index in [2.05, 4.69) is 38.7 Å². The predicted molar refractivity (Wildman–Crippen MR) is 89.9 cm³/mol. The lowest BCUT2D eigenvalue weighted by atomic mass is 9.93. The molecule has 4 rings (SSSR count). The zero-order valence-electron chi connectivity index (χ0n) is 12.9. The molecule has 0 atom stereocenters. The lowest BCUT2D eigenvalue weighted by Crippen LogP contribution is -2.34. The molecule has 1 saturated heterocycles. The fourth-order valence-electron chi connectivity index (χ4n) is 3.49. The van der Waals surface area contributed by atoms with Crippen LogP contribution in [0.5, 0.6) is 0 Å². The second-order valence-electron chi connectivity index (χ2n) is 6.24. The van der Waals surface area contributed by atoms with Gasteiger partial charge < -0.3 is 10.0 Å². The van der Waals surface area contributed by atoms with E-state index in [9.17, 15) is 4.79 Å². The minimum atomic E-state index is -0.686. The van der Waals surface area contributed by atoms with Gasteiger partial charge in [-0.3, -0.25) is 9.20 Å². The summed E-state index contributed by atoms with van der Waals surface area (Å²) in [7, 11) is 0. The van der Waals surface area contributed by atoms with Gasteiger partial charge in [-0.05, 0) is 37.0 Å². The third-order valence-corrected chi connectivity index (χ3v) is 4.74. The van der Waals surface area contributed by atoms with Gasteiger partial charge in [0.05, 0.1) is 11.0 Å². The molecule has 3 heterocycles. The van der Waals surface area contributed by atoms with E-state index in [4.69, 9.17) is 5.11 Å². The van der Waals surface area contributed by atoms with Crippen LogP contribution in [0, 0.1) is 5.92 Å². The fourth-order valence-corrected chi connectivity index (χ4v) is 3.49. The number of aromatic nitrogens is 2. The molecule has 0 unspecified atom stereocenters. The number of fused-ring (bicyclic) bond motifs is 3. The predicted octanol–water partition coefficient (Wildman–Crippen LogP) is 3.18. The van der Waals surface area contributed by atoms with E-state index < -0.39 is 5.97 Å². The highest BCUT2D eigenvalue weighted by Gasteiger charge is 2.21. The van der Waals surface area contributed by atoms with Crippen LogP contribution in [0.25, 0.3) is 16.7 Å². The maximum Gasteiger partial charge on any atom is 0.303 e. The van der Waals surface area contributed by atoms with Gasteiger partial charge in [-0.25, -0.2) is 4.98 Å². The number of piperidine rings is 1. The fraction of sp³-hybridized carbons (Fsp3) is 0.333. The van der Waals surface area contributed by atoms with E-state index in [0.29, 0.717) is 12.3 Å². The molecule has 0 saturated carbocycles. The van der Waals surface area contributed by atoms with Gasteiger partial charge in [0, 0.05) is 37.5 Å². The largest absolute Gasteiger partial charge is 0.481 e. The summed E-state index contributed by atoms with van der Waals surface area (Å²) in [5.74, 6) is -0.379. The first kappa shape index (κ1) is 14.1. The molecule has 1 aromatic carbocycles. The third-order valence-electron chi connectivity index (χ3n) is 4.74. The highest BCUT2D eigenvalue weighted by Crippen LogP contribution is 2.27. The van der Waals surface area contributed by atoms with Crippen LogP contribution >= 0.6 is 0 Å². The maximum atomic E-state index is 10.8. The van der Waals surface area contributed by atoms with Crippen LogP contribution in [0.2, 0.25) is 0 Å². The van der Waals surface area contributed by atoms with E-state index >= 15 is 0 Å². The molecular formula is C18H19N3O2. The highest BCUT2D eigenvalue weighted by molar-refractivity contribution is 5.81. The third kappa shape index (κ3) is 2.63. The Bertz CT molecular complexity index is 863. The van der Waals surface area contributed by atoms with Crippen molar-refractivity contribution in [1.82, 2.24) is 9.38 Å². The molecule has 0 radical (unpaired) electrons. The number of imidazole rings is 1. The number of anilines is 1. The van der Waals surface area contributed by atoms with E-state index in [1.54, 1.807) is 0 Å². The summed E-state index contributed by atoms with van der Waals surface area (Å²) in [5, 5.41) is 8.91. The normalized spacial score (nSPS) is 16.3. The minimum Gasteiger partial charge on any atom is -0.481 e. The number of rotatable bonds is 3. The molecule has 0 spiro atoms. The smallest absolute Gasteiger partial charge is 0.303 e. The Morgan fingerprint density at radius 2 is 2.00 bits per heavy atom. The molecule has 2 aromatic heterocycles. The van der Waals surface area contributed by atoms with Crippen LogP contribution in [0.4, 0.5) is 5.69 Å². The van der Waals surface area contributed by atoms with Crippen molar-refractivity contribution in [2.75, 3.05) is 18.0 Å². The molecule has 118 valence electrons. The second kappa shape index (κ2) is 5.57. The molecule has 3 aromatic rings. The van der Waals surface area contributed by atoms with Gasteiger partial charge in [-0.2, -0.15) is 0 Å². The summed E-state index contributed by atoms with van der Waals surface area (Å²) in [4.78, 5) is 17.8. The van der Waals surface area contributed by atoms with Crippen LogP contribution in [-0.2, 0) is 4.79 Å². The van der Waals surface area contributed by atoms with Gasteiger partial charge in [0.15, 0.2) is 0 Å². The van der Waals surface area contributed by atoms with Gasteiger partial charge in [0.2, 0.25) is 0 Å². The Morgan fingerprint density at radius 3 is 2.78 bits per heavy atom. The van der Waals surface area contributed by atoms with E-state index in [1.807, 2.05) is 18.2 Å². The number of hydrogen-bond acceptors (Lipinski definition) is 3. The summed E-state index contributed by atoms with van der Waals surface area (Å²) in [6.45, 7) is 1.82. The Morgan fingerprint density at radius 1 is 1.22 bits per heavy atom. The average Bonchev–Trinajstić information content (AvgIpc) is 2.92. The standard InChI is InChI=1S/C18H19N3O2/c22-18(23)11-13-5-8-20(9-6-13)14-7-10-21-16-4-2-1-3-15(16)19-17(21)12-14/h1-4,7,10,12-13H,5-6,8-9,11H2,(H,22,23). The van der Waals surface area contributed by atoms with Crippen molar-refractivity contribution >= 4 is 28.3 Å². The lowest BCUT2D eigenvalue weighted by Gasteiger charge is -2.33. The molecule has 5 heteroatoms. The molecule has 1 N–H and O–H groups in total. The molecular weight excluding hydrogens is 290 g/mol. The number of nitrogens with zero attached hydrogens (tertiary/aromatic N) is 3.